The van der Waals surface area contributed by atoms with Crippen LogP contribution in [-0.4, -0.2) is 60.4 Å². The number of ether oxygens (including phenoxy) is 1. The average molecular weight is 457 g/mol. The second kappa shape index (κ2) is 10.9. The Morgan fingerprint density at radius 3 is 2.76 bits per heavy atom. The van der Waals surface area contributed by atoms with E-state index in [0.717, 1.165) is 76.8 Å². The summed E-state index contributed by atoms with van der Waals surface area (Å²) in [6, 6.07) is 8.26. The van der Waals surface area contributed by atoms with Crippen LogP contribution in [0.2, 0.25) is 0 Å². The Labute approximate surface area is 200 Å². The van der Waals surface area contributed by atoms with Gasteiger partial charge in [-0.15, -0.1) is 0 Å². The van der Waals surface area contributed by atoms with E-state index >= 15 is 0 Å². The van der Waals surface area contributed by atoms with Crippen molar-refractivity contribution < 1.29 is 14.6 Å². The van der Waals surface area contributed by atoms with E-state index in [1.54, 1.807) is 0 Å². The van der Waals surface area contributed by atoms with Gasteiger partial charge in [0.15, 0.2) is 0 Å². The quantitative estimate of drug-likeness (QED) is 0.597. The maximum atomic E-state index is 12.8. The Bertz CT molecular complexity index is 785. The molecule has 2 N–H and O–H groups in total. The Balaban J connectivity index is 1.29. The van der Waals surface area contributed by atoms with E-state index in [9.17, 15) is 9.90 Å². The van der Waals surface area contributed by atoms with E-state index in [1.165, 1.54) is 24.8 Å². The fraction of sp³-hybridized carbons (Fsp3) is 0.750. The highest BCUT2D eigenvalue weighted by molar-refractivity contribution is 5.94. The molecule has 1 aliphatic carbocycles. The number of piperidine rings is 1. The summed E-state index contributed by atoms with van der Waals surface area (Å²) in [5.41, 5.74) is 1.69. The first kappa shape index (κ1) is 24.7. The Kier molecular flexibility index (Phi) is 8.14. The predicted octanol–water partition coefficient (Wildman–Crippen LogP) is 4.67. The number of amides is 1. The fourth-order valence-corrected chi connectivity index (χ4v) is 6.17. The van der Waals surface area contributed by atoms with Gasteiger partial charge in [-0.2, -0.15) is 0 Å². The van der Waals surface area contributed by atoms with Gasteiger partial charge in [-0.25, -0.2) is 0 Å². The van der Waals surface area contributed by atoms with Crippen molar-refractivity contribution in [3.05, 3.63) is 35.4 Å². The average Bonchev–Trinajstić information content (AvgIpc) is 3.34. The molecule has 0 bridgehead atoms. The number of nitrogens with zero attached hydrogens (tertiary/aromatic N) is 1. The summed E-state index contributed by atoms with van der Waals surface area (Å²) in [5, 5.41) is 13.9. The molecule has 184 valence electrons. The van der Waals surface area contributed by atoms with Crippen LogP contribution in [0, 0.1) is 5.92 Å². The van der Waals surface area contributed by atoms with Crippen LogP contribution in [0.4, 0.5) is 0 Å². The van der Waals surface area contributed by atoms with Crippen LogP contribution in [0.15, 0.2) is 24.3 Å². The number of aliphatic hydroxyl groups is 1. The van der Waals surface area contributed by atoms with Gasteiger partial charge in [0.25, 0.3) is 5.91 Å². The van der Waals surface area contributed by atoms with Crippen LogP contribution < -0.4 is 5.32 Å². The number of rotatable bonds is 8. The first-order valence-electron chi connectivity index (χ1n) is 13.3. The zero-order chi connectivity index (χ0) is 23.3. The van der Waals surface area contributed by atoms with Crippen molar-refractivity contribution in [1.82, 2.24) is 10.2 Å². The SMILES string of the molecule is CC1CN(CCCC2(O)CCCCC2)CCC1(C)c1cccc(C(=O)NCC2CCCO2)c1. The highest BCUT2D eigenvalue weighted by Crippen LogP contribution is 2.40. The monoisotopic (exact) mass is 456 g/mol. The van der Waals surface area contributed by atoms with Crippen LogP contribution in [0.3, 0.4) is 0 Å². The van der Waals surface area contributed by atoms with Crippen LogP contribution in [0.25, 0.3) is 0 Å². The third kappa shape index (κ3) is 6.17. The number of carbonyl (C=O) groups excluding carboxylic acids is 1. The van der Waals surface area contributed by atoms with Gasteiger partial charge >= 0.3 is 0 Å². The van der Waals surface area contributed by atoms with Crippen LogP contribution in [0.1, 0.15) is 94.0 Å². The van der Waals surface area contributed by atoms with E-state index in [0.29, 0.717) is 12.5 Å². The van der Waals surface area contributed by atoms with E-state index in [1.807, 2.05) is 12.1 Å². The second-order valence-electron chi connectivity index (χ2n) is 11.2. The van der Waals surface area contributed by atoms with Crippen LogP contribution >= 0.6 is 0 Å². The lowest BCUT2D eigenvalue weighted by Crippen LogP contribution is -2.47. The van der Waals surface area contributed by atoms with Crippen molar-refractivity contribution >= 4 is 5.91 Å². The molecule has 2 saturated heterocycles. The van der Waals surface area contributed by atoms with Crippen LogP contribution in [-0.2, 0) is 10.2 Å². The lowest BCUT2D eigenvalue weighted by Gasteiger charge is -2.45. The molecule has 0 radical (unpaired) electrons. The largest absolute Gasteiger partial charge is 0.390 e. The molecule has 2 heterocycles. The topological polar surface area (TPSA) is 61.8 Å². The predicted molar refractivity (Wildman–Crippen MR) is 133 cm³/mol. The highest BCUT2D eigenvalue weighted by Gasteiger charge is 2.38. The maximum Gasteiger partial charge on any atom is 0.251 e. The zero-order valence-corrected chi connectivity index (χ0v) is 20.8. The van der Waals surface area contributed by atoms with Crippen molar-refractivity contribution in [3.63, 3.8) is 0 Å². The summed E-state index contributed by atoms with van der Waals surface area (Å²) >= 11 is 0. The van der Waals surface area contributed by atoms with Crippen molar-refractivity contribution in [2.75, 3.05) is 32.8 Å². The van der Waals surface area contributed by atoms with Gasteiger partial charge in [0.1, 0.15) is 0 Å². The number of likely N-dealkylation sites (tertiary alicyclic amines) is 1. The van der Waals surface area contributed by atoms with Crippen molar-refractivity contribution in [2.24, 2.45) is 5.92 Å². The molecule has 1 saturated carbocycles. The zero-order valence-electron chi connectivity index (χ0n) is 20.8. The first-order valence-corrected chi connectivity index (χ1v) is 13.3. The smallest absolute Gasteiger partial charge is 0.251 e. The lowest BCUT2D eigenvalue weighted by atomic mass is 9.67. The highest BCUT2D eigenvalue weighted by atomic mass is 16.5. The van der Waals surface area contributed by atoms with Crippen molar-refractivity contribution in [2.45, 2.75) is 95.2 Å². The molecule has 0 aromatic heterocycles. The molecule has 3 fully saturated rings. The minimum absolute atomic E-state index is 0.00156. The maximum absolute atomic E-state index is 12.8. The summed E-state index contributed by atoms with van der Waals surface area (Å²) in [4.78, 5) is 15.3. The molecule has 1 aromatic carbocycles. The fourth-order valence-electron chi connectivity index (χ4n) is 6.17. The standard InChI is InChI=1S/C28H44N2O3/c1-22-21-30(16-8-14-28(32)12-4-3-5-13-28)17-15-27(22,2)24-10-6-9-23(19-24)26(31)29-20-25-11-7-18-33-25/h6,9-10,19,22,25,32H,3-5,7-8,11-18,20-21H2,1-2H3,(H,29,31). The number of carbonyl (C=O) groups is 1. The third-order valence-electron chi connectivity index (χ3n) is 8.77. The Hall–Kier alpha value is -1.43. The molecular weight excluding hydrogens is 412 g/mol. The van der Waals surface area contributed by atoms with E-state index in [2.05, 4.69) is 36.2 Å². The van der Waals surface area contributed by atoms with Crippen LogP contribution in [0.5, 0.6) is 0 Å². The Morgan fingerprint density at radius 1 is 1.21 bits per heavy atom. The summed E-state index contributed by atoms with van der Waals surface area (Å²) in [6.45, 7) is 9.35. The lowest BCUT2D eigenvalue weighted by molar-refractivity contribution is -0.00895. The van der Waals surface area contributed by atoms with E-state index < -0.39 is 5.60 Å². The molecule has 3 unspecified atom stereocenters. The first-order chi connectivity index (χ1) is 15.9. The molecule has 0 spiro atoms. The van der Waals surface area contributed by atoms with Gasteiger partial charge in [0.2, 0.25) is 0 Å². The van der Waals surface area contributed by atoms with E-state index in [4.69, 9.17) is 4.74 Å². The molecule has 33 heavy (non-hydrogen) atoms. The third-order valence-corrected chi connectivity index (χ3v) is 8.77. The molecule has 3 aliphatic rings. The number of hydrogen-bond donors (Lipinski definition) is 2. The van der Waals surface area contributed by atoms with Crippen molar-refractivity contribution in [3.8, 4) is 0 Å². The van der Waals surface area contributed by atoms with Crippen molar-refractivity contribution in [1.29, 1.82) is 0 Å². The molecule has 3 atom stereocenters. The number of hydrogen-bond acceptors (Lipinski definition) is 4. The summed E-state index contributed by atoms with van der Waals surface area (Å²) in [6.07, 6.45) is 11.0. The van der Waals surface area contributed by atoms with Gasteiger partial charge in [-0.1, -0.05) is 45.2 Å². The van der Waals surface area contributed by atoms with Gasteiger partial charge in [-0.05, 0) is 87.1 Å². The molecule has 2 aliphatic heterocycles. The molecular formula is C28H44N2O3. The molecule has 1 aromatic rings. The molecule has 5 heteroatoms. The van der Waals surface area contributed by atoms with E-state index in [-0.39, 0.29) is 17.4 Å². The Morgan fingerprint density at radius 2 is 2.03 bits per heavy atom. The molecule has 5 nitrogen and oxygen atoms in total. The van der Waals surface area contributed by atoms with Gasteiger partial charge < -0.3 is 20.1 Å². The minimum atomic E-state index is -0.404. The van der Waals surface area contributed by atoms with Gasteiger partial charge in [-0.3, -0.25) is 4.79 Å². The molecule has 1 amide bonds. The minimum Gasteiger partial charge on any atom is -0.390 e. The molecule has 4 rings (SSSR count). The summed E-state index contributed by atoms with van der Waals surface area (Å²) in [7, 11) is 0. The summed E-state index contributed by atoms with van der Waals surface area (Å²) < 4.78 is 5.63. The number of benzene rings is 1. The summed E-state index contributed by atoms with van der Waals surface area (Å²) in [5.74, 6) is 0.510. The normalized spacial score (nSPS) is 30.3. The second-order valence-corrected chi connectivity index (χ2v) is 11.2. The number of nitrogens with one attached hydrogen (secondary N) is 1. The van der Waals surface area contributed by atoms with Gasteiger partial charge in [0, 0.05) is 25.3 Å². The van der Waals surface area contributed by atoms with Gasteiger partial charge in [0.05, 0.1) is 11.7 Å².